The van der Waals surface area contributed by atoms with Gasteiger partial charge in [0.1, 0.15) is 12.4 Å². The van der Waals surface area contributed by atoms with Gasteiger partial charge in [0.05, 0.1) is 44.8 Å². The molecule has 0 radical (unpaired) electrons. The van der Waals surface area contributed by atoms with Gasteiger partial charge in [0, 0.05) is 30.3 Å². The zero-order chi connectivity index (χ0) is 19.8. The standard InChI is InChI=1S/C20H28BrN3O4/c1-16-10-22-24(11-16)14-20-13-23(6-7-27-20)12-18(25)15-26-8-9-28-19-4-2-17(21)3-5-19/h2-5,10-11,18,20,25H,6-9,12-15H2,1H3. The quantitative estimate of drug-likeness (QED) is 0.555. The highest BCUT2D eigenvalue weighted by Crippen LogP contribution is 2.16. The Bertz CT molecular complexity index is 710. The fourth-order valence-electron chi connectivity index (χ4n) is 3.15. The Morgan fingerprint density at radius 2 is 2.14 bits per heavy atom. The van der Waals surface area contributed by atoms with Crippen molar-refractivity contribution in [2.75, 3.05) is 46.1 Å². The third-order valence-corrected chi connectivity index (χ3v) is 4.99. The smallest absolute Gasteiger partial charge is 0.119 e. The van der Waals surface area contributed by atoms with Crippen LogP contribution in [0.4, 0.5) is 0 Å². The average molecular weight is 454 g/mol. The third kappa shape index (κ3) is 7.18. The summed E-state index contributed by atoms with van der Waals surface area (Å²) in [5, 5.41) is 14.6. The molecule has 1 aliphatic heterocycles. The van der Waals surface area contributed by atoms with Crippen LogP contribution in [-0.4, -0.2) is 78.1 Å². The van der Waals surface area contributed by atoms with E-state index in [1.807, 2.05) is 48.3 Å². The lowest BCUT2D eigenvalue weighted by atomic mass is 10.2. The number of hydrogen-bond acceptors (Lipinski definition) is 6. The Morgan fingerprint density at radius 3 is 2.89 bits per heavy atom. The number of aromatic nitrogens is 2. The molecule has 1 fully saturated rings. The van der Waals surface area contributed by atoms with E-state index in [0.717, 1.165) is 35.4 Å². The first-order valence-electron chi connectivity index (χ1n) is 9.55. The molecule has 0 bridgehead atoms. The maximum Gasteiger partial charge on any atom is 0.119 e. The van der Waals surface area contributed by atoms with E-state index in [2.05, 4.69) is 25.9 Å². The first kappa shape index (κ1) is 21.3. The highest BCUT2D eigenvalue weighted by atomic mass is 79.9. The molecule has 2 unspecified atom stereocenters. The van der Waals surface area contributed by atoms with Crippen LogP contribution in [0.2, 0.25) is 0 Å². The van der Waals surface area contributed by atoms with E-state index in [1.165, 1.54) is 0 Å². The van der Waals surface area contributed by atoms with Gasteiger partial charge in [-0.1, -0.05) is 15.9 Å². The number of benzene rings is 1. The van der Waals surface area contributed by atoms with Crippen LogP contribution in [0.1, 0.15) is 5.56 Å². The average Bonchev–Trinajstić information content (AvgIpc) is 3.08. The Balaban J connectivity index is 1.29. The fourth-order valence-corrected chi connectivity index (χ4v) is 3.42. The normalized spacial score (nSPS) is 18.9. The predicted octanol–water partition coefficient (Wildman–Crippen LogP) is 2.11. The van der Waals surface area contributed by atoms with Crippen molar-refractivity contribution in [3.8, 4) is 5.75 Å². The van der Waals surface area contributed by atoms with E-state index in [0.29, 0.717) is 33.0 Å². The molecule has 0 amide bonds. The van der Waals surface area contributed by atoms with Crippen molar-refractivity contribution in [1.29, 1.82) is 0 Å². The lowest BCUT2D eigenvalue weighted by Gasteiger charge is -2.34. The van der Waals surface area contributed by atoms with Gasteiger partial charge in [-0.25, -0.2) is 0 Å². The largest absolute Gasteiger partial charge is 0.491 e. The van der Waals surface area contributed by atoms with E-state index in [1.54, 1.807) is 0 Å². The van der Waals surface area contributed by atoms with Gasteiger partial charge >= 0.3 is 0 Å². The molecule has 7 nitrogen and oxygen atoms in total. The molecule has 0 aliphatic carbocycles. The Morgan fingerprint density at radius 1 is 1.32 bits per heavy atom. The van der Waals surface area contributed by atoms with E-state index >= 15 is 0 Å². The van der Waals surface area contributed by atoms with Gasteiger partial charge in [-0.2, -0.15) is 5.10 Å². The van der Waals surface area contributed by atoms with E-state index < -0.39 is 6.10 Å². The van der Waals surface area contributed by atoms with Gasteiger partial charge in [0.2, 0.25) is 0 Å². The van der Waals surface area contributed by atoms with Gasteiger partial charge in [-0.05, 0) is 36.8 Å². The lowest BCUT2D eigenvalue weighted by Crippen LogP contribution is -2.47. The molecule has 154 valence electrons. The van der Waals surface area contributed by atoms with Gasteiger partial charge in [-0.3, -0.25) is 9.58 Å². The second-order valence-electron chi connectivity index (χ2n) is 7.02. The second kappa shape index (κ2) is 10.9. The van der Waals surface area contributed by atoms with E-state index in [-0.39, 0.29) is 6.10 Å². The molecular weight excluding hydrogens is 426 g/mol. The van der Waals surface area contributed by atoms with Crippen molar-refractivity contribution in [2.45, 2.75) is 25.7 Å². The molecule has 2 atom stereocenters. The van der Waals surface area contributed by atoms with Crippen molar-refractivity contribution in [3.63, 3.8) is 0 Å². The number of rotatable bonds is 10. The summed E-state index contributed by atoms with van der Waals surface area (Å²) >= 11 is 3.39. The summed E-state index contributed by atoms with van der Waals surface area (Å²) in [5.74, 6) is 0.805. The summed E-state index contributed by atoms with van der Waals surface area (Å²) in [6.07, 6.45) is 3.42. The zero-order valence-electron chi connectivity index (χ0n) is 16.2. The Kier molecular flexibility index (Phi) is 8.29. The highest BCUT2D eigenvalue weighted by Gasteiger charge is 2.23. The molecule has 1 N–H and O–H groups in total. The third-order valence-electron chi connectivity index (χ3n) is 4.47. The van der Waals surface area contributed by atoms with Crippen molar-refractivity contribution >= 4 is 15.9 Å². The van der Waals surface area contributed by atoms with Crippen LogP contribution in [-0.2, 0) is 16.0 Å². The summed E-state index contributed by atoms with van der Waals surface area (Å²) in [6.45, 7) is 6.78. The zero-order valence-corrected chi connectivity index (χ0v) is 17.8. The lowest BCUT2D eigenvalue weighted by molar-refractivity contribution is -0.0581. The molecule has 1 aliphatic rings. The minimum Gasteiger partial charge on any atom is -0.491 e. The van der Waals surface area contributed by atoms with Crippen LogP contribution in [0.3, 0.4) is 0 Å². The number of aryl methyl sites for hydroxylation is 1. The molecule has 0 saturated carbocycles. The number of nitrogens with zero attached hydrogens (tertiary/aromatic N) is 3. The van der Waals surface area contributed by atoms with Gasteiger partial charge in [-0.15, -0.1) is 0 Å². The van der Waals surface area contributed by atoms with Crippen molar-refractivity contribution in [2.24, 2.45) is 0 Å². The summed E-state index contributed by atoms with van der Waals surface area (Å²) in [7, 11) is 0. The number of hydrogen-bond donors (Lipinski definition) is 1. The van der Waals surface area contributed by atoms with Crippen molar-refractivity contribution < 1.29 is 19.3 Å². The second-order valence-corrected chi connectivity index (χ2v) is 7.94. The van der Waals surface area contributed by atoms with Crippen molar-refractivity contribution in [1.82, 2.24) is 14.7 Å². The van der Waals surface area contributed by atoms with Gasteiger partial charge in [0.15, 0.2) is 0 Å². The topological polar surface area (TPSA) is 69.0 Å². The molecule has 0 spiro atoms. The predicted molar refractivity (Wildman–Crippen MR) is 110 cm³/mol. The summed E-state index contributed by atoms with van der Waals surface area (Å²) in [5.41, 5.74) is 1.14. The molecule has 1 aromatic heterocycles. The molecule has 2 heterocycles. The Labute approximate surface area is 174 Å². The monoisotopic (exact) mass is 453 g/mol. The van der Waals surface area contributed by atoms with Crippen LogP contribution in [0, 0.1) is 6.92 Å². The highest BCUT2D eigenvalue weighted by molar-refractivity contribution is 9.10. The molecule has 3 rings (SSSR count). The molecule has 1 aromatic carbocycles. The maximum atomic E-state index is 10.3. The number of ether oxygens (including phenoxy) is 3. The first-order valence-corrected chi connectivity index (χ1v) is 10.3. The number of halogens is 1. The summed E-state index contributed by atoms with van der Waals surface area (Å²) < 4.78 is 19.9. The summed E-state index contributed by atoms with van der Waals surface area (Å²) in [4.78, 5) is 2.22. The van der Waals surface area contributed by atoms with E-state index in [4.69, 9.17) is 14.2 Å². The van der Waals surface area contributed by atoms with Gasteiger partial charge < -0.3 is 19.3 Å². The molecule has 2 aromatic rings. The number of morpholine rings is 1. The molecular formula is C20H28BrN3O4. The molecule has 1 saturated heterocycles. The first-order chi connectivity index (χ1) is 13.6. The van der Waals surface area contributed by atoms with Gasteiger partial charge in [0.25, 0.3) is 0 Å². The summed E-state index contributed by atoms with van der Waals surface area (Å²) in [6, 6.07) is 7.67. The number of aliphatic hydroxyl groups excluding tert-OH is 1. The minimum absolute atomic E-state index is 0.0838. The van der Waals surface area contributed by atoms with Crippen LogP contribution in [0.15, 0.2) is 41.1 Å². The maximum absolute atomic E-state index is 10.3. The number of β-amino-alcohol motifs (C(OH)–C–C–N with tert-alkyl or cyclic N) is 1. The SMILES string of the molecule is Cc1cnn(CC2CN(CC(O)COCCOc3ccc(Br)cc3)CCO2)c1. The van der Waals surface area contributed by atoms with Crippen LogP contribution >= 0.6 is 15.9 Å². The van der Waals surface area contributed by atoms with Crippen LogP contribution in [0.5, 0.6) is 5.75 Å². The van der Waals surface area contributed by atoms with Crippen LogP contribution < -0.4 is 4.74 Å². The van der Waals surface area contributed by atoms with E-state index in [9.17, 15) is 5.11 Å². The van der Waals surface area contributed by atoms with Crippen molar-refractivity contribution in [3.05, 3.63) is 46.7 Å². The Hall–Kier alpha value is -1.45. The fraction of sp³-hybridized carbons (Fsp3) is 0.550. The molecule has 28 heavy (non-hydrogen) atoms. The molecule has 8 heteroatoms. The van der Waals surface area contributed by atoms with Crippen LogP contribution in [0.25, 0.3) is 0 Å². The minimum atomic E-state index is -0.529. The number of aliphatic hydroxyl groups is 1.